The number of nitrogens with zero attached hydrogens (tertiary/aromatic N) is 1. The molecule has 0 amide bonds. The molecule has 1 aromatic heterocycles. The summed E-state index contributed by atoms with van der Waals surface area (Å²) in [6, 6.07) is 2.42. The lowest BCUT2D eigenvalue weighted by molar-refractivity contribution is 0.166. The summed E-state index contributed by atoms with van der Waals surface area (Å²) in [6.07, 6.45) is 1.77. The molecule has 0 bridgehead atoms. The number of hydrogen-bond donors (Lipinski definition) is 2. The molecule has 0 radical (unpaired) electrons. The molecule has 14 heavy (non-hydrogen) atoms. The van der Waals surface area contributed by atoms with Crippen LogP contribution in [0.4, 0.5) is 0 Å². The van der Waals surface area contributed by atoms with Gasteiger partial charge in [-0.15, -0.1) is 0 Å². The van der Waals surface area contributed by atoms with Crippen molar-refractivity contribution in [2.24, 2.45) is 5.41 Å². The Labute approximate surface area is 84.0 Å². The third kappa shape index (κ3) is 1.96. The third-order valence-electron chi connectivity index (χ3n) is 2.80. The fourth-order valence-corrected chi connectivity index (χ4v) is 1.72. The number of aromatic nitrogens is 2. The van der Waals surface area contributed by atoms with Gasteiger partial charge in [-0.3, -0.25) is 5.10 Å². The van der Waals surface area contributed by atoms with Crippen LogP contribution >= 0.6 is 0 Å². The zero-order valence-electron chi connectivity index (χ0n) is 8.71. The fraction of sp³-hybridized carbons (Fsp3) is 0.700. The van der Waals surface area contributed by atoms with Crippen LogP contribution < -0.4 is 5.32 Å². The van der Waals surface area contributed by atoms with Crippen LogP contribution in [0.5, 0.6) is 0 Å². The van der Waals surface area contributed by atoms with Gasteiger partial charge in [0, 0.05) is 29.9 Å². The average Bonchev–Trinajstić information content (AvgIpc) is 2.71. The van der Waals surface area contributed by atoms with Crippen molar-refractivity contribution in [3.05, 3.63) is 18.0 Å². The van der Waals surface area contributed by atoms with Gasteiger partial charge in [0.05, 0.1) is 13.2 Å². The minimum atomic E-state index is 0.236. The SMILES string of the molecule is CC1(C)COCC1NCc1ccn[nH]1. The second kappa shape index (κ2) is 3.71. The lowest BCUT2D eigenvalue weighted by Gasteiger charge is -2.25. The Bertz CT molecular complexity index is 282. The van der Waals surface area contributed by atoms with Crippen molar-refractivity contribution in [2.45, 2.75) is 26.4 Å². The van der Waals surface area contributed by atoms with Crippen LogP contribution in [0.15, 0.2) is 12.3 Å². The first-order chi connectivity index (χ1) is 6.68. The quantitative estimate of drug-likeness (QED) is 0.754. The number of ether oxygens (including phenoxy) is 1. The second-order valence-corrected chi connectivity index (χ2v) is 4.52. The molecule has 2 heterocycles. The van der Waals surface area contributed by atoms with E-state index in [-0.39, 0.29) is 5.41 Å². The van der Waals surface area contributed by atoms with Gasteiger partial charge >= 0.3 is 0 Å². The molecule has 1 aromatic rings. The standard InChI is InChI=1S/C10H17N3O/c1-10(2)7-14-6-9(10)11-5-8-3-4-12-13-8/h3-4,9,11H,5-7H2,1-2H3,(H,12,13). The minimum Gasteiger partial charge on any atom is -0.379 e. The summed E-state index contributed by atoms with van der Waals surface area (Å²) < 4.78 is 5.45. The van der Waals surface area contributed by atoms with E-state index >= 15 is 0 Å². The number of nitrogens with one attached hydrogen (secondary N) is 2. The molecule has 1 aliphatic rings. The monoisotopic (exact) mass is 195 g/mol. The minimum absolute atomic E-state index is 0.236. The lowest BCUT2D eigenvalue weighted by atomic mass is 9.88. The van der Waals surface area contributed by atoms with Crippen LogP contribution in [0.1, 0.15) is 19.5 Å². The molecule has 4 nitrogen and oxygen atoms in total. The highest BCUT2D eigenvalue weighted by Gasteiger charge is 2.35. The highest BCUT2D eigenvalue weighted by molar-refractivity contribution is 4.98. The number of rotatable bonds is 3. The van der Waals surface area contributed by atoms with E-state index < -0.39 is 0 Å². The zero-order chi connectivity index (χ0) is 10.0. The molecular formula is C10H17N3O. The van der Waals surface area contributed by atoms with Gasteiger partial charge in [0.25, 0.3) is 0 Å². The smallest absolute Gasteiger partial charge is 0.0626 e. The molecule has 1 fully saturated rings. The van der Waals surface area contributed by atoms with Gasteiger partial charge in [-0.25, -0.2) is 0 Å². The summed E-state index contributed by atoms with van der Waals surface area (Å²) in [5.74, 6) is 0. The average molecular weight is 195 g/mol. The van der Waals surface area contributed by atoms with Crippen molar-refractivity contribution < 1.29 is 4.74 Å². The predicted octanol–water partition coefficient (Wildman–Crippen LogP) is 0.924. The van der Waals surface area contributed by atoms with Crippen molar-refractivity contribution in [3.8, 4) is 0 Å². The van der Waals surface area contributed by atoms with Crippen LogP contribution in [0.2, 0.25) is 0 Å². The molecular weight excluding hydrogens is 178 g/mol. The van der Waals surface area contributed by atoms with Crippen LogP contribution in [-0.2, 0) is 11.3 Å². The maximum absolute atomic E-state index is 5.45. The Morgan fingerprint density at radius 3 is 3.14 bits per heavy atom. The first-order valence-electron chi connectivity index (χ1n) is 4.98. The van der Waals surface area contributed by atoms with Gasteiger partial charge < -0.3 is 10.1 Å². The predicted molar refractivity (Wildman–Crippen MR) is 53.8 cm³/mol. The molecule has 0 saturated carbocycles. The molecule has 1 aliphatic heterocycles. The van der Waals surface area contributed by atoms with E-state index in [1.807, 2.05) is 6.07 Å². The van der Waals surface area contributed by atoms with Crippen molar-refractivity contribution in [1.82, 2.24) is 15.5 Å². The summed E-state index contributed by atoms with van der Waals surface area (Å²) in [7, 11) is 0. The first kappa shape index (κ1) is 9.68. The summed E-state index contributed by atoms with van der Waals surface area (Å²) in [5.41, 5.74) is 1.35. The van der Waals surface area contributed by atoms with E-state index in [2.05, 4.69) is 29.4 Å². The highest BCUT2D eigenvalue weighted by atomic mass is 16.5. The maximum atomic E-state index is 5.45. The van der Waals surface area contributed by atoms with E-state index in [4.69, 9.17) is 4.74 Å². The van der Waals surface area contributed by atoms with E-state index in [9.17, 15) is 0 Å². The second-order valence-electron chi connectivity index (χ2n) is 4.52. The molecule has 2 N–H and O–H groups in total. The third-order valence-corrected chi connectivity index (χ3v) is 2.80. The Balaban J connectivity index is 1.86. The molecule has 4 heteroatoms. The van der Waals surface area contributed by atoms with Gasteiger partial charge in [0.1, 0.15) is 0 Å². The van der Waals surface area contributed by atoms with Gasteiger partial charge in [-0.1, -0.05) is 13.8 Å². The summed E-state index contributed by atoms with van der Waals surface area (Å²) in [6.45, 7) is 6.93. The van der Waals surface area contributed by atoms with Crippen molar-refractivity contribution in [2.75, 3.05) is 13.2 Å². The molecule has 0 aliphatic carbocycles. The summed E-state index contributed by atoms with van der Waals surface area (Å²) in [5, 5.41) is 10.3. The van der Waals surface area contributed by atoms with Gasteiger partial charge in [0.2, 0.25) is 0 Å². The Morgan fingerprint density at radius 1 is 1.71 bits per heavy atom. The van der Waals surface area contributed by atoms with Gasteiger partial charge in [-0.05, 0) is 6.07 Å². The highest BCUT2D eigenvalue weighted by Crippen LogP contribution is 2.27. The van der Waals surface area contributed by atoms with Gasteiger partial charge in [0.15, 0.2) is 0 Å². The summed E-state index contributed by atoms with van der Waals surface area (Å²) in [4.78, 5) is 0. The zero-order valence-corrected chi connectivity index (χ0v) is 8.71. The van der Waals surface area contributed by atoms with Crippen molar-refractivity contribution >= 4 is 0 Å². The molecule has 1 saturated heterocycles. The Hall–Kier alpha value is -0.870. The van der Waals surface area contributed by atoms with Crippen LogP contribution in [0, 0.1) is 5.41 Å². The van der Waals surface area contributed by atoms with E-state index in [0.29, 0.717) is 6.04 Å². The van der Waals surface area contributed by atoms with Crippen LogP contribution in [0.3, 0.4) is 0 Å². The normalized spacial score (nSPS) is 25.4. The lowest BCUT2D eigenvalue weighted by Crippen LogP contribution is -2.40. The Morgan fingerprint density at radius 2 is 2.57 bits per heavy atom. The van der Waals surface area contributed by atoms with E-state index in [1.54, 1.807) is 6.20 Å². The van der Waals surface area contributed by atoms with E-state index in [0.717, 1.165) is 25.5 Å². The van der Waals surface area contributed by atoms with Crippen LogP contribution in [-0.4, -0.2) is 29.5 Å². The molecule has 2 rings (SSSR count). The maximum Gasteiger partial charge on any atom is 0.0626 e. The molecule has 0 aromatic carbocycles. The van der Waals surface area contributed by atoms with Crippen LogP contribution in [0.25, 0.3) is 0 Å². The largest absolute Gasteiger partial charge is 0.379 e. The van der Waals surface area contributed by atoms with Gasteiger partial charge in [-0.2, -0.15) is 5.10 Å². The molecule has 1 atom stereocenters. The topological polar surface area (TPSA) is 49.9 Å². The first-order valence-corrected chi connectivity index (χ1v) is 4.98. The number of aromatic amines is 1. The van der Waals surface area contributed by atoms with E-state index in [1.165, 1.54) is 0 Å². The molecule has 1 unspecified atom stereocenters. The molecule has 0 spiro atoms. The van der Waals surface area contributed by atoms with Crippen molar-refractivity contribution in [1.29, 1.82) is 0 Å². The Kier molecular flexibility index (Phi) is 2.56. The van der Waals surface area contributed by atoms with Crippen molar-refractivity contribution in [3.63, 3.8) is 0 Å². The summed E-state index contributed by atoms with van der Waals surface area (Å²) >= 11 is 0. The molecule has 78 valence electrons. The number of hydrogen-bond acceptors (Lipinski definition) is 3. The number of H-pyrrole nitrogens is 1. The fourth-order valence-electron chi connectivity index (χ4n) is 1.72.